The third-order valence-electron chi connectivity index (χ3n) is 5.31. The number of rotatable bonds is 5. The number of carbonyl (C=O) groups is 2. The van der Waals surface area contributed by atoms with Crippen LogP contribution in [0.5, 0.6) is 0 Å². The van der Waals surface area contributed by atoms with E-state index in [0.29, 0.717) is 30.5 Å². The number of anilines is 2. The first-order valence-electron chi connectivity index (χ1n) is 9.56. The Morgan fingerprint density at radius 2 is 2.04 bits per heavy atom. The van der Waals surface area contributed by atoms with E-state index >= 15 is 0 Å². The Morgan fingerprint density at radius 3 is 2.74 bits per heavy atom. The average molecular weight is 385 g/mol. The lowest BCUT2D eigenvalue weighted by Crippen LogP contribution is -2.40. The summed E-state index contributed by atoms with van der Waals surface area (Å²) in [4.78, 5) is 33.0. The van der Waals surface area contributed by atoms with Crippen molar-refractivity contribution >= 4 is 34.8 Å². The van der Waals surface area contributed by atoms with Crippen molar-refractivity contribution in [2.24, 2.45) is 0 Å². The summed E-state index contributed by atoms with van der Waals surface area (Å²) in [7, 11) is 0. The van der Waals surface area contributed by atoms with Gasteiger partial charge in [-0.25, -0.2) is 9.78 Å². The molecule has 27 heavy (non-hydrogen) atoms. The lowest BCUT2D eigenvalue weighted by molar-refractivity contribution is -0.115. The standard InChI is InChI=1S/C20H24N4O2S/c25-19(12-15-8-11-27-14-15)22-16-6-7-18(21-13-16)24-10-9-23(20(24)26)17-4-2-1-3-5-17/h6-8,11,13-14,17H,1-5,9-10,12H2,(H,22,25). The Bertz CT molecular complexity index is 785. The highest BCUT2D eigenvalue weighted by Crippen LogP contribution is 2.27. The van der Waals surface area contributed by atoms with Crippen LogP contribution < -0.4 is 10.2 Å². The molecule has 0 aromatic carbocycles. The van der Waals surface area contributed by atoms with Crippen LogP contribution in [0.15, 0.2) is 35.2 Å². The minimum Gasteiger partial charge on any atom is -0.324 e. The van der Waals surface area contributed by atoms with E-state index in [9.17, 15) is 9.59 Å². The Kier molecular flexibility index (Phi) is 5.38. The second kappa shape index (κ2) is 8.08. The molecule has 0 radical (unpaired) electrons. The van der Waals surface area contributed by atoms with Crippen LogP contribution in [0.3, 0.4) is 0 Å². The van der Waals surface area contributed by atoms with E-state index in [-0.39, 0.29) is 11.9 Å². The molecule has 1 N–H and O–H groups in total. The highest BCUT2D eigenvalue weighted by Gasteiger charge is 2.35. The van der Waals surface area contributed by atoms with Gasteiger partial charge in [0.25, 0.3) is 0 Å². The number of nitrogens with one attached hydrogen (secondary N) is 1. The molecule has 1 saturated carbocycles. The Labute approximate surface area is 163 Å². The molecule has 0 spiro atoms. The van der Waals surface area contributed by atoms with Crippen molar-refractivity contribution < 1.29 is 9.59 Å². The maximum absolute atomic E-state index is 12.8. The average Bonchev–Trinajstić information content (AvgIpc) is 3.33. The topological polar surface area (TPSA) is 65.5 Å². The number of hydrogen-bond donors (Lipinski definition) is 1. The van der Waals surface area contributed by atoms with Crippen molar-refractivity contribution in [2.45, 2.75) is 44.6 Å². The van der Waals surface area contributed by atoms with Gasteiger partial charge in [-0.3, -0.25) is 9.69 Å². The van der Waals surface area contributed by atoms with Gasteiger partial charge >= 0.3 is 6.03 Å². The summed E-state index contributed by atoms with van der Waals surface area (Å²) in [5, 5.41) is 6.79. The van der Waals surface area contributed by atoms with E-state index in [2.05, 4.69) is 10.3 Å². The molecule has 1 aliphatic heterocycles. The van der Waals surface area contributed by atoms with Gasteiger partial charge in [0.1, 0.15) is 5.82 Å². The van der Waals surface area contributed by atoms with Crippen molar-refractivity contribution in [3.8, 4) is 0 Å². The molecular weight excluding hydrogens is 360 g/mol. The molecule has 2 aromatic rings. The minimum atomic E-state index is -0.0660. The lowest BCUT2D eigenvalue weighted by Gasteiger charge is -2.30. The number of amides is 3. The summed E-state index contributed by atoms with van der Waals surface area (Å²) in [6, 6.07) is 6.01. The zero-order chi connectivity index (χ0) is 18.6. The van der Waals surface area contributed by atoms with E-state index in [1.807, 2.05) is 33.9 Å². The fraction of sp³-hybridized carbons (Fsp3) is 0.450. The summed E-state index contributed by atoms with van der Waals surface area (Å²) in [6.07, 6.45) is 7.91. The Morgan fingerprint density at radius 1 is 1.19 bits per heavy atom. The maximum Gasteiger partial charge on any atom is 0.326 e. The molecule has 2 fully saturated rings. The molecule has 0 atom stereocenters. The predicted octanol–water partition coefficient (Wildman–Crippen LogP) is 3.90. The summed E-state index contributed by atoms with van der Waals surface area (Å²) in [5.41, 5.74) is 1.65. The van der Waals surface area contributed by atoms with Crippen LogP contribution in [-0.2, 0) is 11.2 Å². The number of carbonyl (C=O) groups excluding carboxylic acids is 2. The Hall–Kier alpha value is -2.41. The van der Waals surface area contributed by atoms with Gasteiger partial charge in [-0.15, -0.1) is 0 Å². The maximum atomic E-state index is 12.8. The number of aromatic nitrogens is 1. The van der Waals surface area contributed by atoms with Crippen molar-refractivity contribution in [3.05, 3.63) is 40.7 Å². The number of hydrogen-bond acceptors (Lipinski definition) is 4. The van der Waals surface area contributed by atoms with Crippen LogP contribution in [0.2, 0.25) is 0 Å². The summed E-state index contributed by atoms with van der Waals surface area (Å²) in [5.74, 6) is 0.581. The molecule has 7 heteroatoms. The third-order valence-corrected chi connectivity index (χ3v) is 6.04. The van der Waals surface area contributed by atoms with E-state index in [1.54, 1.807) is 22.4 Å². The van der Waals surface area contributed by atoms with Gasteiger partial charge < -0.3 is 10.2 Å². The fourth-order valence-corrected chi connectivity index (χ4v) is 4.57. The second-order valence-corrected chi connectivity index (χ2v) is 7.96. The zero-order valence-corrected chi connectivity index (χ0v) is 16.1. The molecule has 1 saturated heterocycles. The molecule has 142 valence electrons. The fourth-order valence-electron chi connectivity index (χ4n) is 3.90. The van der Waals surface area contributed by atoms with Gasteiger partial charge in [0, 0.05) is 19.1 Å². The van der Waals surface area contributed by atoms with Gasteiger partial charge in [-0.1, -0.05) is 19.3 Å². The van der Waals surface area contributed by atoms with Gasteiger partial charge in [-0.05, 0) is 47.4 Å². The molecule has 3 amide bonds. The van der Waals surface area contributed by atoms with E-state index in [4.69, 9.17) is 0 Å². The molecular formula is C20H24N4O2S. The molecule has 2 aromatic heterocycles. The van der Waals surface area contributed by atoms with Gasteiger partial charge in [0.15, 0.2) is 0 Å². The molecule has 2 aliphatic rings. The van der Waals surface area contributed by atoms with E-state index < -0.39 is 0 Å². The first-order chi connectivity index (χ1) is 13.2. The van der Waals surface area contributed by atoms with Gasteiger partial charge in [0.05, 0.1) is 18.3 Å². The number of thiophene rings is 1. The number of nitrogens with zero attached hydrogens (tertiary/aromatic N) is 3. The highest BCUT2D eigenvalue weighted by molar-refractivity contribution is 7.08. The Balaban J connectivity index is 1.36. The summed E-state index contributed by atoms with van der Waals surface area (Å²) < 4.78 is 0. The van der Waals surface area contributed by atoms with Crippen LogP contribution in [0.4, 0.5) is 16.3 Å². The smallest absolute Gasteiger partial charge is 0.324 e. The first-order valence-corrected chi connectivity index (χ1v) is 10.5. The van der Waals surface area contributed by atoms with Crippen molar-refractivity contribution in [1.82, 2.24) is 9.88 Å². The normalized spacial score (nSPS) is 18.1. The number of pyridine rings is 1. The van der Waals surface area contributed by atoms with Crippen LogP contribution >= 0.6 is 11.3 Å². The van der Waals surface area contributed by atoms with Crippen molar-refractivity contribution in [1.29, 1.82) is 0 Å². The predicted molar refractivity (Wildman–Crippen MR) is 107 cm³/mol. The van der Waals surface area contributed by atoms with Crippen LogP contribution in [-0.4, -0.2) is 41.0 Å². The monoisotopic (exact) mass is 384 g/mol. The highest BCUT2D eigenvalue weighted by atomic mass is 32.1. The quantitative estimate of drug-likeness (QED) is 0.850. The second-order valence-electron chi connectivity index (χ2n) is 7.18. The molecule has 4 rings (SSSR count). The van der Waals surface area contributed by atoms with E-state index in [1.165, 1.54) is 19.3 Å². The zero-order valence-electron chi connectivity index (χ0n) is 15.3. The minimum absolute atomic E-state index is 0.0589. The third kappa shape index (κ3) is 4.13. The van der Waals surface area contributed by atoms with Crippen LogP contribution in [0.1, 0.15) is 37.7 Å². The molecule has 0 unspecified atom stereocenters. The molecule has 3 heterocycles. The van der Waals surface area contributed by atoms with Gasteiger partial charge in [0.2, 0.25) is 5.91 Å². The summed E-state index contributed by atoms with van der Waals surface area (Å²) >= 11 is 1.58. The molecule has 0 bridgehead atoms. The SMILES string of the molecule is O=C(Cc1ccsc1)Nc1ccc(N2CCN(C3CCCCC3)C2=O)nc1. The lowest BCUT2D eigenvalue weighted by atomic mass is 9.94. The molecule has 6 nitrogen and oxygen atoms in total. The van der Waals surface area contributed by atoms with Crippen molar-refractivity contribution in [2.75, 3.05) is 23.3 Å². The first kappa shape index (κ1) is 18.0. The largest absolute Gasteiger partial charge is 0.326 e. The molecule has 1 aliphatic carbocycles. The van der Waals surface area contributed by atoms with E-state index in [0.717, 1.165) is 24.9 Å². The summed E-state index contributed by atoms with van der Waals surface area (Å²) in [6.45, 7) is 1.44. The van der Waals surface area contributed by atoms with Gasteiger partial charge in [-0.2, -0.15) is 11.3 Å². The van der Waals surface area contributed by atoms with Crippen LogP contribution in [0.25, 0.3) is 0 Å². The number of urea groups is 1. The van der Waals surface area contributed by atoms with Crippen molar-refractivity contribution in [3.63, 3.8) is 0 Å². The van der Waals surface area contributed by atoms with Crippen LogP contribution in [0, 0.1) is 0 Å².